The summed E-state index contributed by atoms with van der Waals surface area (Å²) in [6.07, 6.45) is 5.19. The third kappa shape index (κ3) is 3.30. The average molecular weight is 380 g/mol. The predicted octanol–water partition coefficient (Wildman–Crippen LogP) is 2.20. The number of aromatic nitrogens is 2. The highest BCUT2D eigenvalue weighted by atomic mass is 79.9. The molecule has 2 aromatic heterocycles. The van der Waals surface area contributed by atoms with Gasteiger partial charge >= 0.3 is 5.97 Å². The van der Waals surface area contributed by atoms with Crippen LogP contribution in [0.2, 0.25) is 0 Å². The van der Waals surface area contributed by atoms with E-state index < -0.39 is 11.4 Å². The van der Waals surface area contributed by atoms with Gasteiger partial charge in [0.15, 0.2) is 0 Å². The van der Waals surface area contributed by atoms with Crippen molar-refractivity contribution in [1.29, 1.82) is 0 Å². The lowest BCUT2D eigenvalue weighted by Crippen LogP contribution is -2.32. The van der Waals surface area contributed by atoms with Crippen molar-refractivity contribution < 1.29 is 9.90 Å². The SMILES string of the molecule is CN1CCC(Cn2cc(C(=O)O)c(=O)c3cc(Br)cnc32)CC1. The second-order valence-electron chi connectivity index (χ2n) is 6.10. The Labute approximate surface area is 141 Å². The summed E-state index contributed by atoms with van der Waals surface area (Å²) in [5.74, 6) is -0.738. The van der Waals surface area contributed by atoms with Crippen molar-refractivity contribution >= 4 is 32.9 Å². The number of carboxylic acid groups (broad SMARTS) is 1. The van der Waals surface area contributed by atoms with Crippen LogP contribution in [0.4, 0.5) is 0 Å². The summed E-state index contributed by atoms with van der Waals surface area (Å²) in [6.45, 7) is 2.75. The fourth-order valence-corrected chi connectivity index (χ4v) is 3.39. The fraction of sp³-hybridized carbons (Fsp3) is 0.438. The highest BCUT2D eigenvalue weighted by Gasteiger charge is 2.20. The minimum Gasteiger partial charge on any atom is -0.477 e. The van der Waals surface area contributed by atoms with E-state index >= 15 is 0 Å². The highest BCUT2D eigenvalue weighted by molar-refractivity contribution is 9.10. The maximum absolute atomic E-state index is 12.3. The van der Waals surface area contributed by atoms with Gasteiger partial charge in [-0.3, -0.25) is 4.79 Å². The number of hydrogen-bond donors (Lipinski definition) is 1. The molecule has 1 N–H and O–H groups in total. The molecule has 1 aliphatic heterocycles. The van der Waals surface area contributed by atoms with E-state index in [1.165, 1.54) is 6.20 Å². The van der Waals surface area contributed by atoms with Crippen molar-refractivity contribution in [2.45, 2.75) is 19.4 Å². The first kappa shape index (κ1) is 16.1. The molecule has 23 heavy (non-hydrogen) atoms. The average Bonchev–Trinajstić information content (AvgIpc) is 2.52. The number of aromatic carboxylic acids is 1. The molecule has 0 spiro atoms. The van der Waals surface area contributed by atoms with Gasteiger partial charge in [0.1, 0.15) is 11.2 Å². The summed E-state index contributed by atoms with van der Waals surface area (Å²) < 4.78 is 2.48. The lowest BCUT2D eigenvalue weighted by Gasteiger charge is -2.29. The number of hydrogen-bond acceptors (Lipinski definition) is 4. The lowest BCUT2D eigenvalue weighted by atomic mass is 9.97. The quantitative estimate of drug-likeness (QED) is 0.884. The predicted molar refractivity (Wildman–Crippen MR) is 90.9 cm³/mol. The Morgan fingerprint density at radius 3 is 2.78 bits per heavy atom. The van der Waals surface area contributed by atoms with E-state index in [0.717, 1.165) is 25.9 Å². The first-order valence-corrected chi connectivity index (χ1v) is 8.35. The molecule has 0 bridgehead atoms. The normalized spacial score (nSPS) is 16.8. The largest absolute Gasteiger partial charge is 0.477 e. The van der Waals surface area contributed by atoms with Crippen molar-refractivity contribution in [3.63, 3.8) is 0 Å². The minimum absolute atomic E-state index is 0.203. The molecule has 1 fully saturated rings. The number of carboxylic acids is 1. The monoisotopic (exact) mass is 379 g/mol. The minimum atomic E-state index is -1.20. The van der Waals surface area contributed by atoms with Crippen LogP contribution in [-0.2, 0) is 6.54 Å². The summed E-state index contributed by atoms with van der Waals surface area (Å²) >= 11 is 3.29. The molecule has 0 unspecified atom stereocenters. The van der Waals surface area contributed by atoms with Gasteiger partial charge in [0, 0.05) is 23.4 Å². The molecule has 2 aromatic rings. The van der Waals surface area contributed by atoms with E-state index in [4.69, 9.17) is 0 Å². The smallest absolute Gasteiger partial charge is 0.341 e. The van der Waals surface area contributed by atoms with Gasteiger partial charge in [-0.1, -0.05) is 0 Å². The number of halogens is 1. The van der Waals surface area contributed by atoms with E-state index in [1.807, 2.05) is 4.57 Å². The number of carbonyl (C=O) groups is 1. The summed E-state index contributed by atoms with van der Waals surface area (Å²) in [5, 5.41) is 9.65. The Bertz CT molecular complexity index is 810. The Hall–Kier alpha value is -1.73. The molecule has 0 aliphatic carbocycles. The molecular weight excluding hydrogens is 362 g/mol. The molecular formula is C16H18BrN3O3. The van der Waals surface area contributed by atoms with E-state index in [9.17, 15) is 14.7 Å². The molecule has 122 valence electrons. The molecule has 0 radical (unpaired) electrons. The van der Waals surface area contributed by atoms with Crippen molar-refractivity contribution in [1.82, 2.24) is 14.5 Å². The number of fused-ring (bicyclic) bond motifs is 1. The van der Waals surface area contributed by atoms with E-state index in [-0.39, 0.29) is 5.56 Å². The maximum Gasteiger partial charge on any atom is 0.341 e. The standard InChI is InChI=1S/C16H18BrN3O3/c1-19-4-2-10(3-5-19)8-20-9-13(16(22)23)14(21)12-6-11(17)7-18-15(12)20/h6-7,9-10H,2-5,8H2,1H3,(H,22,23). The number of nitrogens with zero attached hydrogens (tertiary/aromatic N) is 3. The van der Waals surface area contributed by atoms with Crippen LogP contribution in [0.25, 0.3) is 11.0 Å². The number of pyridine rings is 2. The Kier molecular flexibility index (Phi) is 4.50. The maximum atomic E-state index is 12.3. The van der Waals surface area contributed by atoms with Crippen LogP contribution in [-0.4, -0.2) is 45.7 Å². The van der Waals surface area contributed by atoms with E-state index in [1.54, 1.807) is 12.3 Å². The number of likely N-dealkylation sites (tertiary alicyclic amines) is 1. The highest BCUT2D eigenvalue weighted by Crippen LogP contribution is 2.21. The van der Waals surface area contributed by atoms with Crippen molar-refractivity contribution in [3.05, 3.63) is 38.7 Å². The zero-order chi connectivity index (χ0) is 16.6. The molecule has 0 saturated carbocycles. The van der Waals surface area contributed by atoms with Crippen molar-refractivity contribution in [3.8, 4) is 0 Å². The van der Waals surface area contributed by atoms with Crippen LogP contribution in [0.5, 0.6) is 0 Å². The lowest BCUT2D eigenvalue weighted by molar-refractivity contribution is 0.0694. The molecule has 7 heteroatoms. The molecule has 1 saturated heterocycles. The van der Waals surface area contributed by atoms with Crippen molar-refractivity contribution in [2.24, 2.45) is 5.92 Å². The van der Waals surface area contributed by atoms with Gasteiger partial charge in [-0.15, -0.1) is 0 Å². The second-order valence-corrected chi connectivity index (χ2v) is 7.02. The van der Waals surface area contributed by atoms with Gasteiger partial charge in [0.05, 0.1) is 5.39 Å². The molecule has 6 nitrogen and oxygen atoms in total. The van der Waals surface area contributed by atoms with Crippen LogP contribution in [0.3, 0.4) is 0 Å². The molecule has 1 aliphatic rings. The zero-order valence-corrected chi connectivity index (χ0v) is 14.4. The van der Waals surface area contributed by atoms with Gasteiger partial charge in [-0.25, -0.2) is 9.78 Å². The van der Waals surface area contributed by atoms with Gasteiger partial charge in [0.2, 0.25) is 5.43 Å². The second kappa shape index (κ2) is 6.41. The van der Waals surface area contributed by atoms with Crippen molar-refractivity contribution in [2.75, 3.05) is 20.1 Å². The first-order valence-electron chi connectivity index (χ1n) is 7.56. The molecule has 3 heterocycles. The summed E-state index contributed by atoms with van der Waals surface area (Å²) in [4.78, 5) is 30.4. The third-order valence-electron chi connectivity index (χ3n) is 4.40. The van der Waals surface area contributed by atoms with Gasteiger partial charge in [-0.2, -0.15) is 0 Å². The Morgan fingerprint density at radius 1 is 1.43 bits per heavy atom. The Balaban J connectivity index is 2.06. The summed E-state index contributed by atoms with van der Waals surface area (Å²) in [7, 11) is 2.10. The van der Waals surface area contributed by atoms with E-state index in [0.29, 0.717) is 28.0 Å². The van der Waals surface area contributed by atoms with Crippen LogP contribution in [0.15, 0.2) is 27.7 Å². The van der Waals surface area contributed by atoms with E-state index in [2.05, 4.69) is 32.9 Å². The number of rotatable bonds is 3. The molecule has 0 aromatic carbocycles. The summed E-state index contributed by atoms with van der Waals surface area (Å²) in [6, 6.07) is 1.64. The summed E-state index contributed by atoms with van der Waals surface area (Å²) in [5.41, 5.74) is -0.145. The van der Waals surface area contributed by atoms with Crippen LogP contribution in [0, 0.1) is 5.92 Å². The molecule has 0 atom stereocenters. The molecule has 0 amide bonds. The van der Waals surface area contributed by atoms with Gasteiger partial charge in [-0.05, 0) is 60.9 Å². The van der Waals surface area contributed by atoms with Crippen LogP contribution >= 0.6 is 15.9 Å². The first-order chi connectivity index (χ1) is 11.0. The van der Waals surface area contributed by atoms with Crippen LogP contribution < -0.4 is 5.43 Å². The fourth-order valence-electron chi connectivity index (χ4n) is 3.06. The Morgan fingerprint density at radius 2 is 2.13 bits per heavy atom. The topological polar surface area (TPSA) is 75.4 Å². The van der Waals surface area contributed by atoms with Gasteiger partial charge < -0.3 is 14.6 Å². The zero-order valence-electron chi connectivity index (χ0n) is 12.8. The third-order valence-corrected chi connectivity index (χ3v) is 4.84. The molecule has 3 rings (SSSR count). The van der Waals surface area contributed by atoms with Gasteiger partial charge in [0.25, 0.3) is 0 Å². The number of piperidine rings is 1. The van der Waals surface area contributed by atoms with Crippen LogP contribution in [0.1, 0.15) is 23.2 Å².